The van der Waals surface area contributed by atoms with E-state index in [1.165, 1.54) is 19.3 Å². The highest BCUT2D eigenvalue weighted by molar-refractivity contribution is 5.84. The van der Waals surface area contributed by atoms with Crippen molar-refractivity contribution >= 4 is 10.9 Å². The van der Waals surface area contributed by atoms with Gasteiger partial charge in [-0.1, -0.05) is 55.7 Å². The van der Waals surface area contributed by atoms with Gasteiger partial charge in [0.15, 0.2) is 0 Å². The Hall–Kier alpha value is -2.94. The number of likely N-dealkylation sites (N-methyl/N-ethyl adjacent to an activating group) is 1. The van der Waals surface area contributed by atoms with E-state index < -0.39 is 6.10 Å². The van der Waals surface area contributed by atoms with Gasteiger partial charge in [-0.15, -0.1) is 0 Å². The Balaban J connectivity index is 1.38. The van der Waals surface area contributed by atoms with Gasteiger partial charge in [0, 0.05) is 24.0 Å². The van der Waals surface area contributed by atoms with Crippen LogP contribution in [-0.4, -0.2) is 47.8 Å². The average Bonchev–Trinajstić information content (AvgIpc) is 2.89. The molecule has 1 aliphatic carbocycles. The number of para-hydroxylation sites is 1. The van der Waals surface area contributed by atoms with Gasteiger partial charge in [0.25, 0.3) is 0 Å². The van der Waals surface area contributed by atoms with Gasteiger partial charge >= 0.3 is 0 Å². The molecule has 0 spiro atoms. The molecule has 2 unspecified atom stereocenters. The fourth-order valence-corrected chi connectivity index (χ4v) is 5.21. The minimum absolute atomic E-state index is 0.0374. The zero-order chi connectivity index (χ0) is 23.8. The third-order valence-electron chi connectivity index (χ3n) is 7.17. The van der Waals surface area contributed by atoms with Crippen LogP contribution in [0.15, 0.2) is 60.8 Å². The van der Waals surface area contributed by atoms with Gasteiger partial charge < -0.3 is 14.7 Å². The van der Waals surface area contributed by atoms with Crippen molar-refractivity contribution in [2.75, 3.05) is 26.7 Å². The van der Waals surface area contributed by atoms with Crippen molar-refractivity contribution in [3.8, 4) is 11.8 Å². The number of hydrogen-bond donors (Lipinski definition) is 1. The van der Waals surface area contributed by atoms with Crippen molar-refractivity contribution in [3.05, 3.63) is 71.9 Å². The van der Waals surface area contributed by atoms with Crippen LogP contribution in [0.1, 0.15) is 55.6 Å². The standard InChI is InChI=1S/C29H35N3O2/c1-32(19-20-34-27-15-7-12-22-13-8-17-31-28(22)27)18-16-26(25-14-6-5-11-24(25)21-30)29(33)23-9-3-2-4-10-23/h5-8,11-15,17,23,26,29,33H,2-4,9-10,16,18-20H2,1H3. The number of nitriles is 1. The summed E-state index contributed by atoms with van der Waals surface area (Å²) in [6.07, 6.45) is 7.98. The first-order valence-corrected chi connectivity index (χ1v) is 12.5. The molecule has 5 nitrogen and oxygen atoms in total. The smallest absolute Gasteiger partial charge is 0.145 e. The lowest BCUT2D eigenvalue weighted by molar-refractivity contribution is 0.0542. The summed E-state index contributed by atoms with van der Waals surface area (Å²) in [5.41, 5.74) is 2.54. The van der Waals surface area contributed by atoms with Gasteiger partial charge in [0.2, 0.25) is 0 Å². The second kappa shape index (κ2) is 12.0. The van der Waals surface area contributed by atoms with E-state index in [-0.39, 0.29) is 5.92 Å². The van der Waals surface area contributed by atoms with Gasteiger partial charge in [-0.25, -0.2) is 0 Å². The summed E-state index contributed by atoms with van der Waals surface area (Å²) in [6.45, 7) is 2.16. The fraction of sp³-hybridized carbons (Fsp3) is 0.448. The predicted molar refractivity (Wildman–Crippen MR) is 136 cm³/mol. The van der Waals surface area contributed by atoms with E-state index in [0.717, 1.165) is 54.6 Å². The highest BCUT2D eigenvalue weighted by Crippen LogP contribution is 2.36. The molecule has 0 amide bonds. The topological polar surface area (TPSA) is 69.4 Å². The highest BCUT2D eigenvalue weighted by Gasteiger charge is 2.31. The first kappa shape index (κ1) is 24.2. The third-order valence-corrected chi connectivity index (χ3v) is 7.17. The summed E-state index contributed by atoms with van der Waals surface area (Å²) >= 11 is 0. The van der Waals surface area contributed by atoms with E-state index in [1.54, 1.807) is 6.20 Å². The molecule has 1 aliphatic rings. The number of benzene rings is 2. The fourth-order valence-electron chi connectivity index (χ4n) is 5.21. The number of pyridine rings is 1. The second-order valence-corrected chi connectivity index (χ2v) is 9.47. The average molecular weight is 458 g/mol. The first-order chi connectivity index (χ1) is 16.7. The lowest BCUT2D eigenvalue weighted by Crippen LogP contribution is -2.33. The van der Waals surface area contributed by atoms with Crippen molar-refractivity contribution in [1.82, 2.24) is 9.88 Å². The number of hydrogen-bond acceptors (Lipinski definition) is 5. The van der Waals surface area contributed by atoms with E-state index in [2.05, 4.69) is 23.0 Å². The van der Waals surface area contributed by atoms with Gasteiger partial charge in [0.05, 0.1) is 17.7 Å². The van der Waals surface area contributed by atoms with Crippen LogP contribution in [-0.2, 0) is 0 Å². The number of fused-ring (bicyclic) bond motifs is 1. The molecule has 0 radical (unpaired) electrons. The molecule has 1 aromatic heterocycles. The van der Waals surface area contributed by atoms with Crippen molar-refractivity contribution in [2.45, 2.75) is 50.5 Å². The maximum Gasteiger partial charge on any atom is 0.145 e. The maximum absolute atomic E-state index is 11.4. The summed E-state index contributed by atoms with van der Waals surface area (Å²) in [5.74, 6) is 1.09. The minimum Gasteiger partial charge on any atom is -0.490 e. The van der Waals surface area contributed by atoms with Crippen LogP contribution in [0.5, 0.6) is 5.75 Å². The zero-order valence-corrected chi connectivity index (χ0v) is 20.1. The van der Waals surface area contributed by atoms with Crippen molar-refractivity contribution < 1.29 is 9.84 Å². The molecule has 34 heavy (non-hydrogen) atoms. The number of ether oxygens (including phenoxy) is 1. The first-order valence-electron chi connectivity index (χ1n) is 12.5. The van der Waals surface area contributed by atoms with E-state index in [0.29, 0.717) is 18.1 Å². The van der Waals surface area contributed by atoms with E-state index in [1.807, 2.05) is 54.6 Å². The quantitative estimate of drug-likeness (QED) is 0.433. The van der Waals surface area contributed by atoms with Crippen LogP contribution in [0.4, 0.5) is 0 Å². The Labute approximate surface area is 203 Å². The molecule has 0 aliphatic heterocycles. The highest BCUT2D eigenvalue weighted by atomic mass is 16.5. The summed E-state index contributed by atoms with van der Waals surface area (Å²) in [5, 5.41) is 22.1. The summed E-state index contributed by atoms with van der Waals surface area (Å²) in [7, 11) is 2.09. The molecular weight excluding hydrogens is 422 g/mol. The molecular formula is C29H35N3O2. The molecule has 1 fully saturated rings. The zero-order valence-electron chi connectivity index (χ0n) is 20.1. The molecule has 2 aromatic carbocycles. The third kappa shape index (κ3) is 5.94. The van der Waals surface area contributed by atoms with Crippen LogP contribution in [0.3, 0.4) is 0 Å². The number of aliphatic hydroxyl groups is 1. The number of aliphatic hydroxyl groups excluding tert-OH is 1. The van der Waals surface area contributed by atoms with Crippen LogP contribution in [0, 0.1) is 17.2 Å². The van der Waals surface area contributed by atoms with Crippen LogP contribution in [0.2, 0.25) is 0 Å². The molecule has 1 N–H and O–H groups in total. The van der Waals surface area contributed by atoms with Gasteiger partial charge in [-0.2, -0.15) is 5.26 Å². The van der Waals surface area contributed by atoms with E-state index in [9.17, 15) is 10.4 Å². The van der Waals surface area contributed by atoms with Crippen molar-refractivity contribution in [1.29, 1.82) is 5.26 Å². The Morgan fingerprint density at radius 3 is 2.68 bits per heavy atom. The Morgan fingerprint density at radius 1 is 1.06 bits per heavy atom. The summed E-state index contributed by atoms with van der Waals surface area (Å²) in [6, 6.07) is 20.1. The number of aromatic nitrogens is 1. The minimum atomic E-state index is -0.416. The Bertz CT molecular complexity index is 1100. The normalized spacial score (nSPS) is 16.3. The van der Waals surface area contributed by atoms with Crippen LogP contribution >= 0.6 is 0 Å². The summed E-state index contributed by atoms with van der Waals surface area (Å²) < 4.78 is 6.06. The Kier molecular flexibility index (Phi) is 8.51. The van der Waals surface area contributed by atoms with Crippen molar-refractivity contribution in [3.63, 3.8) is 0 Å². The van der Waals surface area contributed by atoms with E-state index >= 15 is 0 Å². The lowest BCUT2D eigenvalue weighted by atomic mass is 9.76. The monoisotopic (exact) mass is 457 g/mol. The lowest BCUT2D eigenvalue weighted by Gasteiger charge is -2.34. The maximum atomic E-state index is 11.4. The van der Waals surface area contributed by atoms with Gasteiger partial charge in [0.1, 0.15) is 17.9 Å². The number of rotatable bonds is 10. The Morgan fingerprint density at radius 2 is 1.85 bits per heavy atom. The van der Waals surface area contributed by atoms with Gasteiger partial charge in [-0.05, 0) is 62.5 Å². The molecule has 1 saturated carbocycles. The molecule has 2 atom stereocenters. The van der Waals surface area contributed by atoms with Gasteiger partial charge in [-0.3, -0.25) is 4.98 Å². The van der Waals surface area contributed by atoms with Crippen LogP contribution < -0.4 is 4.74 Å². The van der Waals surface area contributed by atoms with E-state index in [4.69, 9.17) is 4.74 Å². The molecule has 1 heterocycles. The molecule has 4 rings (SSSR count). The molecule has 5 heteroatoms. The number of nitrogens with zero attached hydrogens (tertiary/aromatic N) is 3. The molecule has 178 valence electrons. The largest absolute Gasteiger partial charge is 0.490 e. The molecule has 0 saturated heterocycles. The van der Waals surface area contributed by atoms with Crippen LogP contribution in [0.25, 0.3) is 10.9 Å². The SMILES string of the molecule is CN(CCOc1cccc2cccnc12)CCC(c1ccccc1C#N)C(O)C1CCCCC1. The van der Waals surface area contributed by atoms with Crippen molar-refractivity contribution in [2.24, 2.45) is 5.92 Å². The summed E-state index contributed by atoms with van der Waals surface area (Å²) in [4.78, 5) is 6.70. The molecule has 0 bridgehead atoms. The second-order valence-electron chi connectivity index (χ2n) is 9.47. The predicted octanol–water partition coefficient (Wildman–Crippen LogP) is 5.53. The molecule has 3 aromatic rings.